The molecule has 1 aliphatic carbocycles. The van der Waals surface area contributed by atoms with Gasteiger partial charge in [-0.2, -0.15) is 13.2 Å². The van der Waals surface area contributed by atoms with Crippen LogP contribution in [-0.2, 0) is 20.8 Å². The summed E-state index contributed by atoms with van der Waals surface area (Å²) in [6.45, 7) is 17.4. The Kier molecular flexibility index (Phi) is 14.9. The third kappa shape index (κ3) is 10.8. The number of alkyl halides is 3. The molecule has 0 aromatic heterocycles. The van der Waals surface area contributed by atoms with Crippen LogP contribution in [0.3, 0.4) is 0 Å². The number of allylic oxidation sites excluding steroid dienone is 4. The van der Waals surface area contributed by atoms with E-state index in [9.17, 15) is 13.2 Å². The molecule has 0 aliphatic heterocycles. The highest BCUT2D eigenvalue weighted by Gasteiger charge is 2.34. The summed E-state index contributed by atoms with van der Waals surface area (Å²) in [7, 11) is 3.08. The Hall–Kier alpha value is -3.59. The van der Waals surface area contributed by atoms with Crippen LogP contribution in [0.2, 0.25) is 5.02 Å². The molecule has 246 valence electrons. The van der Waals surface area contributed by atoms with Crippen LogP contribution in [0.4, 0.5) is 13.2 Å². The second-order valence-corrected chi connectivity index (χ2v) is 10.9. The predicted octanol–water partition coefficient (Wildman–Crippen LogP) is 10.3. The largest absolute Gasteiger partial charge is 0.491 e. The van der Waals surface area contributed by atoms with E-state index in [1.807, 2.05) is 27.7 Å². The Morgan fingerprint density at radius 1 is 1.13 bits per heavy atom. The van der Waals surface area contributed by atoms with Crippen molar-refractivity contribution in [2.75, 3.05) is 14.2 Å². The normalized spacial score (nSPS) is 16.4. The zero-order valence-corrected chi connectivity index (χ0v) is 28.1. The topological polar surface area (TPSA) is 64.8 Å². The molecule has 1 aliphatic rings. The highest BCUT2D eigenvalue weighted by molar-refractivity contribution is 6.34. The molecule has 0 amide bonds. The van der Waals surface area contributed by atoms with Gasteiger partial charge in [-0.1, -0.05) is 70.7 Å². The average molecular weight is 648 g/mol. The zero-order valence-electron chi connectivity index (χ0n) is 27.4. The van der Waals surface area contributed by atoms with Crippen molar-refractivity contribution in [1.82, 2.24) is 0 Å². The van der Waals surface area contributed by atoms with Crippen LogP contribution in [0.1, 0.15) is 77.8 Å². The van der Waals surface area contributed by atoms with Crippen molar-refractivity contribution in [3.05, 3.63) is 94.0 Å². The number of hydrogen-bond donors (Lipinski definition) is 0. The minimum atomic E-state index is -4.57. The molecular formula is C35H45ClF3N3O3. The van der Waals surface area contributed by atoms with Crippen molar-refractivity contribution in [1.29, 1.82) is 0 Å². The third-order valence-corrected chi connectivity index (χ3v) is 7.56. The number of halogens is 4. The van der Waals surface area contributed by atoms with Gasteiger partial charge >= 0.3 is 6.18 Å². The van der Waals surface area contributed by atoms with Crippen LogP contribution in [0.15, 0.2) is 92.9 Å². The van der Waals surface area contributed by atoms with Gasteiger partial charge in [0.2, 0.25) is 5.88 Å². The Balaban J connectivity index is 2.33. The standard InChI is InChI=1S/C35H45ClF3N3O3/c1-10-18-40-34(44-9)32(23(6)26-15-16-26)29(12-3)41-20-30(43-8)24(7)45-21-25-14-17-27(28(36)19-25)33(22(5)11-2)42-31(13-4)35(37,38)39/h13-14,17-20,22,26H,6-7,10-12,15-16,21H2,1-5,8-9H3/b30-20+,31-13-,34-32-,40-18-,41-29-,42-33?. The number of nitrogens with zero attached hydrogens (tertiary/aromatic N) is 3. The van der Waals surface area contributed by atoms with Crippen molar-refractivity contribution in [3.63, 3.8) is 0 Å². The summed E-state index contributed by atoms with van der Waals surface area (Å²) in [4.78, 5) is 13.2. The molecule has 1 aromatic carbocycles. The highest BCUT2D eigenvalue weighted by Crippen LogP contribution is 2.41. The van der Waals surface area contributed by atoms with Gasteiger partial charge in [0.05, 0.1) is 42.4 Å². The van der Waals surface area contributed by atoms with Crippen LogP contribution < -0.4 is 0 Å². The Bertz CT molecular complexity index is 1400. The molecule has 45 heavy (non-hydrogen) atoms. The van der Waals surface area contributed by atoms with Crippen molar-refractivity contribution in [2.45, 2.75) is 79.5 Å². The molecule has 1 saturated carbocycles. The first kappa shape index (κ1) is 37.6. The van der Waals surface area contributed by atoms with E-state index < -0.39 is 11.9 Å². The summed E-state index contributed by atoms with van der Waals surface area (Å²) >= 11 is 6.58. The second-order valence-electron chi connectivity index (χ2n) is 10.5. The number of ether oxygens (including phenoxy) is 3. The van der Waals surface area contributed by atoms with Crippen LogP contribution >= 0.6 is 11.6 Å². The molecule has 1 aromatic rings. The van der Waals surface area contributed by atoms with Gasteiger partial charge in [-0.3, -0.25) is 4.99 Å². The van der Waals surface area contributed by atoms with E-state index in [4.69, 9.17) is 30.8 Å². The fraction of sp³-hybridized carbons (Fsp3) is 0.457. The van der Waals surface area contributed by atoms with Crippen molar-refractivity contribution < 1.29 is 27.4 Å². The molecule has 2 rings (SSSR count). The Labute approximate surface area is 270 Å². The minimum absolute atomic E-state index is 0.0888. The highest BCUT2D eigenvalue weighted by atomic mass is 35.5. The van der Waals surface area contributed by atoms with E-state index in [0.29, 0.717) is 41.5 Å². The number of methoxy groups -OCH3 is 2. The monoisotopic (exact) mass is 647 g/mol. The lowest BCUT2D eigenvalue weighted by atomic mass is 9.95. The molecule has 1 atom stereocenters. The Morgan fingerprint density at radius 2 is 1.82 bits per heavy atom. The molecule has 6 nitrogen and oxygen atoms in total. The smallest absolute Gasteiger partial charge is 0.433 e. The van der Waals surface area contributed by atoms with Crippen LogP contribution in [-0.4, -0.2) is 38.0 Å². The van der Waals surface area contributed by atoms with Gasteiger partial charge in [-0.25, -0.2) is 9.98 Å². The van der Waals surface area contributed by atoms with Crippen LogP contribution in [0.25, 0.3) is 0 Å². The predicted molar refractivity (Wildman–Crippen MR) is 179 cm³/mol. The first-order valence-electron chi connectivity index (χ1n) is 15.1. The molecule has 1 fully saturated rings. The van der Waals surface area contributed by atoms with Gasteiger partial charge in [-0.05, 0) is 68.1 Å². The van der Waals surface area contributed by atoms with E-state index in [0.717, 1.165) is 42.2 Å². The fourth-order valence-electron chi connectivity index (χ4n) is 4.33. The molecule has 0 spiro atoms. The van der Waals surface area contributed by atoms with Gasteiger partial charge in [0.25, 0.3) is 0 Å². The molecule has 0 radical (unpaired) electrons. The molecular weight excluding hydrogens is 603 g/mol. The van der Waals surface area contributed by atoms with E-state index in [-0.39, 0.29) is 29.0 Å². The maximum absolute atomic E-state index is 13.5. The summed E-state index contributed by atoms with van der Waals surface area (Å²) < 4.78 is 57.4. The number of rotatable bonds is 17. The summed E-state index contributed by atoms with van der Waals surface area (Å²) in [5.74, 6) is 1.15. The molecule has 10 heteroatoms. The van der Waals surface area contributed by atoms with E-state index in [1.54, 1.807) is 37.7 Å². The Morgan fingerprint density at radius 3 is 2.31 bits per heavy atom. The summed E-state index contributed by atoms with van der Waals surface area (Å²) in [6.07, 6.45) is 3.80. The lowest BCUT2D eigenvalue weighted by Gasteiger charge is -2.18. The van der Waals surface area contributed by atoms with Crippen LogP contribution in [0.5, 0.6) is 0 Å². The lowest BCUT2D eigenvalue weighted by Crippen LogP contribution is -2.17. The van der Waals surface area contributed by atoms with Gasteiger partial charge in [-0.15, -0.1) is 0 Å². The van der Waals surface area contributed by atoms with Gasteiger partial charge in [0.1, 0.15) is 12.3 Å². The fourth-order valence-corrected chi connectivity index (χ4v) is 4.63. The van der Waals surface area contributed by atoms with E-state index in [1.165, 1.54) is 14.0 Å². The second kappa shape index (κ2) is 17.8. The van der Waals surface area contributed by atoms with E-state index in [2.05, 4.69) is 23.1 Å². The molecule has 0 saturated heterocycles. The average Bonchev–Trinajstić information content (AvgIpc) is 3.86. The molecule has 0 bridgehead atoms. The molecule has 0 heterocycles. The quantitative estimate of drug-likeness (QED) is 0.0960. The SMILES string of the molecule is C=C(OCc1ccc(C(=N/C(=C\C)C(F)(F)F)C(C)CC)c(Cl)c1)\C(=C/N=C(CC)\C(C(=C)C1CC1)=C(\N=C/CC)OC)OC. The van der Waals surface area contributed by atoms with Gasteiger partial charge in [0, 0.05) is 11.8 Å². The van der Waals surface area contributed by atoms with Gasteiger partial charge in [0.15, 0.2) is 11.5 Å². The number of benzene rings is 1. The number of aliphatic imine (C=N–C) groups is 3. The first-order valence-corrected chi connectivity index (χ1v) is 15.5. The van der Waals surface area contributed by atoms with Crippen LogP contribution in [0, 0.1) is 11.8 Å². The number of hydrogen-bond acceptors (Lipinski definition) is 6. The molecule has 1 unspecified atom stereocenters. The third-order valence-electron chi connectivity index (χ3n) is 7.25. The zero-order chi connectivity index (χ0) is 33.7. The van der Waals surface area contributed by atoms with Gasteiger partial charge < -0.3 is 14.2 Å². The summed E-state index contributed by atoms with van der Waals surface area (Å²) in [5.41, 5.74) is 2.92. The van der Waals surface area contributed by atoms with Crippen molar-refractivity contribution in [2.24, 2.45) is 26.8 Å². The lowest BCUT2D eigenvalue weighted by molar-refractivity contribution is -0.0924. The van der Waals surface area contributed by atoms with E-state index >= 15 is 0 Å². The molecule has 0 N–H and O–H groups in total. The van der Waals surface area contributed by atoms with Crippen molar-refractivity contribution >= 4 is 29.2 Å². The maximum Gasteiger partial charge on any atom is 0.433 e. The van der Waals surface area contributed by atoms with Crippen molar-refractivity contribution in [3.8, 4) is 0 Å². The summed E-state index contributed by atoms with van der Waals surface area (Å²) in [6, 6.07) is 5.05. The maximum atomic E-state index is 13.5. The minimum Gasteiger partial charge on any atom is -0.491 e. The summed E-state index contributed by atoms with van der Waals surface area (Å²) in [5, 5.41) is 0.271. The first-order chi connectivity index (χ1) is 21.4.